The molecule has 0 saturated carbocycles. The van der Waals surface area contributed by atoms with Gasteiger partial charge in [-0.25, -0.2) is 4.39 Å². The van der Waals surface area contributed by atoms with Crippen LogP contribution in [0.3, 0.4) is 0 Å². The van der Waals surface area contributed by atoms with E-state index in [4.69, 9.17) is 4.74 Å². The Labute approximate surface area is 166 Å². The van der Waals surface area contributed by atoms with Crippen molar-refractivity contribution in [3.63, 3.8) is 0 Å². The molecule has 148 valence electrons. The number of fused-ring (bicyclic) bond motifs is 1. The summed E-state index contributed by atoms with van der Waals surface area (Å²) in [6.07, 6.45) is 5.05. The lowest BCUT2D eigenvalue weighted by molar-refractivity contribution is -1.09. The zero-order valence-corrected chi connectivity index (χ0v) is 15.4. The van der Waals surface area contributed by atoms with Crippen LogP contribution in [0.4, 0.5) is 4.39 Å². The Balaban J connectivity index is 1.45. The number of carbonyl (C=O) groups is 1. The predicted molar refractivity (Wildman–Crippen MR) is 99.8 cm³/mol. The molecule has 2 unspecified atom stereocenters. The summed E-state index contributed by atoms with van der Waals surface area (Å²) in [4.78, 5) is 17.5. The fourth-order valence-electron chi connectivity index (χ4n) is 3.76. The van der Waals surface area contributed by atoms with Crippen molar-refractivity contribution < 1.29 is 18.6 Å². The smallest absolute Gasteiger partial charge is 0.396 e. The fourth-order valence-corrected chi connectivity index (χ4v) is 3.76. The Kier molecular flexibility index (Phi) is 3.88. The van der Waals surface area contributed by atoms with Crippen LogP contribution in [-0.2, 0) is 22.6 Å². The number of nitrogens with zero attached hydrogens (tertiary/aromatic N) is 4. The van der Waals surface area contributed by atoms with Crippen molar-refractivity contribution in [1.82, 2.24) is 26.2 Å². The lowest BCUT2D eigenvalue weighted by Gasteiger charge is -2.43. The first kappa shape index (κ1) is 17.4. The molecule has 10 heteroatoms. The second-order valence-electron chi connectivity index (χ2n) is 6.98. The fraction of sp³-hybridized carbons (Fsp3) is 0.211. The number of hydrazone groups is 1. The Morgan fingerprint density at radius 3 is 2.83 bits per heavy atom. The number of hydrogen-bond donors (Lipinski definition) is 3. The van der Waals surface area contributed by atoms with Crippen molar-refractivity contribution in [1.29, 1.82) is 0 Å². The molecule has 0 aliphatic carbocycles. The van der Waals surface area contributed by atoms with E-state index in [0.717, 1.165) is 11.3 Å². The minimum atomic E-state index is -1.31. The van der Waals surface area contributed by atoms with Gasteiger partial charge in [0, 0.05) is 11.8 Å². The maximum absolute atomic E-state index is 13.4. The van der Waals surface area contributed by atoms with Crippen LogP contribution in [0.2, 0.25) is 0 Å². The van der Waals surface area contributed by atoms with Crippen LogP contribution in [-0.4, -0.2) is 39.3 Å². The van der Waals surface area contributed by atoms with Crippen LogP contribution < -0.4 is 16.2 Å². The van der Waals surface area contributed by atoms with Crippen LogP contribution in [0.5, 0.6) is 0 Å². The topological polar surface area (TPSA) is 90.9 Å². The number of hydrogen-bond acceptors (Lipinski definition) is 7. The molecule has 0 spiro atoms. The highest BCUT2D eigenvalue weighted by molar-refractivity contribution is 5.87. The monoisotopic (exact) mass is 396 g/mol. The zero-order valence-electron chi connectivity index (χ0n) is 15.4. The number of pyridine rings is 1. The predicted octanol–water partition coefficient (Wildman–Crippen LogP) is 0.661. The molecule has 6 rings (SSSR count). The highest BCUT2D eigenvalue weighted by Crippen LogP contribution is 2.46. The number of amides is 1. The van der Waals surface area contributed by atoms with E-state index in [2.05, 4.69) is 26.3 Å². The van der Waals surface area contributed by atoms with Gasteiger partial charge in [-0.1, -0.05) is 22.9 Å². The molecule has 2 atom stereocenters. The Hall–Kier alpha value is -3.66. The number of nitrogens with one attached hydrogen (secondary N) is 3. The van der Waals surface area contributed by atoms with Crippen LogP contribution in [0.25, 0.3) is 0 Å². The number of halogens is 1. The number of benzene rings is 1. The maximum atomic E-state index is 13.4. The molecule has 1 fully saturated rings. The first-order chi connectivity index (χ1) is 14.1. The molecule has 1 saturated heterocycles. The van der Waals surface area contributed by atoms with Gasteiger partial charge in [-0.05, 0) is 24.3 Å². The quantitative estimate of drug-likeness (QED) is 0.622. The van der Waals surface area contributed by atoms with E-state index in [1.165, 1.54) is 12.1 Å². The molecule has 2 bridgehead atoms. The van der Waals surface area contributed by atoms with Gasteiger partial charge in [0.15, 0.2) is 19.6 Å². The largest absolute Gasteiger partial charge is 0.405 e. The maximum Gasteiger partial charge on any atom is 0.396 e. The average Bonchev–Trinajstić information content (AvgIpc) is 3.42. The minimum absolute atomic E-state index is 0.0709. The second-order valence-corrected chi connectivity index (χ2v) is 6.98. The number of carbonyl (C=O) groups excluding carboxylic acids is 1. The van der Waals surface area contributed by atoms with Crippen molar-refractivity contribution in [2.75, 3.05) is 6.67 Å². The summed E-state index contributed by atoms with van der Waals surface area (Å²) >= 11 is 0. The number of aromatic nitrogens is 1. The summed E-state index contributed by atoms with van der Waals surface area (Å²) < 4.78 is 19.2. The summed E-state index contributed by atoms with van der Waals surface area (Å²) in [5, 5.41) is 8.81. The highest BCUT2D eigenvalue weighted by Gasteiger charge is 2.75. The lowest BCUT2D eigenvalue weighted by Crippen LogP contribution is -2.74. The third kappa shape index (κ3) is 2.68. The van der Waals surface area contributed by atoms with Gasteiger partial charge in [-0.2, -0.15) is 15.5 Å². The summed E-state index contributed by atoms with van der Waals surface area (Å²) in [7, 11) is 0. The van der Waals surface area contributed by atoms with E-state index in [9.17, 15) is 9.18 Å². The van der Waals surface area contributed by atoms with Crippen molar-refractivity contribution in [2.24, 2.45) is 5.10 Å². The third-order valence-corrected chi connectivity index (χ3v) is 5.20. The van der Waals surface area contributed by atoms with Gasteiger partial charge >= 0.3 is 11.6 Å². The van der Waals surface area contributed by atoms with E-state index in [0.29, 0.717) is 19.1 Å². The van der Waals surface area contributed by atoms with E-state index < -0.39 is 5.72 Å². The van der Waals surface area contributed by atoms with Crippen LogP contribution in [0, 0.1) is 5.82 Å². The first-order valence-electron chi connectivity index (χ1n) is 9.15. The van der Waals surface area contributed by atoms with Gasteiger partial charge < -0.3 is 10.1 Å². The summed E-state index contributed by atoms with van der Waals surface area (Å²) in [5.41, 5.74) is 6.42. The molecule has 1 aromatic carbocycles. The van der Waals surface area contributed by atoms with Crippen molar-refractivity contribution in [3.05, 3.63) is 77.7 Å². The Bertz CT molecular complexity index is 997. The molecule has 29 heavy (non-hydrogen) atoms. The van der Waals surface area contributed by atoms with Crippen LogP contribution in [0.1, 0.15) is 11.3 Å². The summed E-state index contributed by atoms with van der Waals surface area (Å²) in [6, 6.07) is 11.7. The molecule has 9 nitrogen and oxygen atoms in total. The zero-order chi connectivity index (χ0) is 19.9. The Morgan fingerprint density at radius 2 is 2.14 bits per heavy atom. The highest BCUT2D eigenvalue weighted by atomic mass is 19.1. The number of ether oxygens (including phenoxy) is 1. The molecule has 1 aromatic heterocycles. The molecule has 3 N–H and O–H groups in total. The van der Waals surface area contributed by atoms with Crippen molar-refractivity contribution in [3.8, 4) is 0 Å². The van der Waals surface area contributed by atoms with Crippen LogP contribution in [0.15, 0.2) is 65.7 Å². The number of rotatable bonds is 6. The van der Waals surface area contributed by atoms with Crippen molar-refractivity contribution in [2.45, 2.75) is 18.8 Å². The van der Waals surface area contributed by atoms with Gasteiger partial charge in [0.2, 0.25) is 5.88 Å². The molecule has 4 aliphatic rings. The normalized spacial score (nSPS) is 26.1. The number of quaternary nitrogens is 1. The van der Waals surface area contributed by atoms with Gasteiger partial charge in [0.05, 0.1) is 18.3 Å². The molecular weight excluding hydrogens is 377 g/mol. The molecule has 5 heterocycles. The lowest BCUT2D eigenvalue weighted by atomic mass is 10.1. The summed E-state index contributed by atoms with van der Waals surface area (Å²) in [5.74, 6) is -0.108. The molecule has 2 aromatic rings. The Morgan fingerprint density at radius 1 is 1.31 bits per heavy atom. The van der Waals surface area contributed by atoms with E-state index in [1.807, 2.05) is 23.2 Å². The molecule has 1 amide bonds. The van der Waals surface area contributed by atoms with Crippen molar-refractivity contribution >= 4 is 12.2 Å². The van der Waals surface area contributed by atoms with E-state index in [-0.39, 0.29) is 23.0 Å². The standard InChI is InChI=1S/C19H18FN7O2/c20-15-6-4-14(5-7-15)11-27(26-12-23-24-13-26)19(9-17(25-27)29-19)18(28)22-10-16-3-1-2-8-21-16/h1-9,12,24-25H,10-11,13H2/p+1. The molecular formula is C19H19FN7O2+. The van der Waals surface area contributed by atoms with Gasteiger partial charge in [-0.3, -0.25) is 15.2 Å². The van der Waals surface area contributed by atoms with Crippen LogP contribution >= 0.6 is 0 Å². The van der Waals surface area contributed by atoms with Gasteiger partial charge in [-0.15, -0.1) is 0 Å². The van der Waals surface area contributed by atoms with Gasteiger partial charge in [0.25, 0.3) is 0 Å². The summed E-state index contributed by atoms with van der Waals surface area (Å²) in [6.45, 7) is 0.996. The average molecular weight is 396 g/mol. The van der Waals surface area contributed by atoms with E-state index >= 15 is 0 Å². The van der Waals surface area contributed by atoms with E-state index in [1.54, 1.807) is 30.7 Å². The first-order valence-corrected chi connectivity index (χ1v) is 9.15. The molecule has 4 aliphatic heterocycles. The third-order valence-electron chi connectivity index (χ3n) is 5.20. The van der Waals surface area contributed by atoms with Gasteiger partial charge in [0.1, 0.15) is 5.82 Å². The second kappa shape index (κ2) is 6.45. The minimum Gasteiger partial charge on any atom is -0.405 e. The SMILES string of the molecule is O=C(NCc1ccccn1)C12C=C(N[N+]1(Cc1ccc(F)cc1)N1C=NNC1)O2. The molecule has 0 radical (unpaired) electrons.